The van der Waals surface area contributed by atoms with Crippen molar-refractivity contribution in [1.82, 2.24) is 9.97 Å². The van der Waals surface area contributed by atoms with Gasteiger partial charge in [0.15, 0.2) is 0 Å². The SMILES string of the molecule is CCCNc1ncnc(NCCCCCOC)c1[N+](=O)[O-]. The molecular formula is C13H23N5O3. The monoisotopic (exact) mass is 297 g/mol. The first-order valence-electron chi connectivity index (χ1n) is 7.16. The van der Waals surface area contributed by atoms with Gasteiger partial charge in [0.05, 0.1) is 4.92 Å². The summed E-state index contributed by atoms with van der Waals surface area (Å²) in [5.41, 5.74) is -0.0946. The first kappa shape index (κ1) is 17.1. The first-order valence-corrected chi connectivity index (χ1v) is 7.16. The molecule has 0 radical (unpaired) electrons. The van der Waals surface area contributed by atoms with E-state index in [4.69, 9.17) is 4.74 Å². The molecule has 0 bridgehead atoms. The molecule has 0 amide bonds. The van der Waals surface area contributed by atoms with Crippen molar-refractivity contribution in [2.45, 2.75) is 32.6 Å². The number of unbranched alkanes of at least 4 members (excludes halogenated alkanes) is 2. The Balaban J connectivity index is 2.61. The van der Waals surface area contributed by atoms with Gasteiger partial charge in [-0.15, -0.1) is 0 Å². The molecule has 8 heteroatoms. The van der Waals surface area contributed by atoms with Crippen LogP contribution in [-0.4, -0.2) is 41.7 Å². The van der Waals surface area contributed by atoms with Crippen LogP contribution < -0.4 is 10.6 Å². The number of methoxy groups -OCH3 is 1. The van der Waals surface area contributed by atoms with Crippen molar-refractivity contribution < 1.29 is 9.66 Å². The van der Waals surface area contributed by atoms with E-state index >= 15 is 0 Å². The van der Waals surface area contributed by atoms with Crippen molar-refractivity contribution in [3.63, 3.8) is 0 Å². The number of anilines is 2. The van der Waals surface area contributed by atoms with Crippen molar-refractivity contribution in [3.05, 3.63) is 16.4 Å². The fourth-order valence-electron chi connectivity index (χ4n) is 1.81. The van der Waals surface area contributed by atoms with E-state index in [0.717, 1.165) is 32.3 Å². The van der Waals surface area contributed by atoms with Crippen LogP contribution in [0.4, 0.5) is 17.3 Å². The number of hydrogen-bond donors (Lipinski definition) is 2. The van der Waals surface area contributed by atoms with Gasteiger partial charge in [-0.2, -0.15) is 0 Å². The maximum atomic E-state index is 11.2. The van der Waals surface area contributed by atoms with Crippen molar-refractivity contribution in [1.29, 1.82) is 0 Å². The Morgan fingerprint density at radius 2 is 1.86 bits per heavy atom. The highest BCUT2D eigenvalue weighted by Crippen LogP contribution is 2.28. The van der Waals surface area contributed by atoms with Gasteiger partial charge in [-0.25, -0.2) is 9.97 Å². The molecule has 0 aromatic carbocycles. The Bertz CT molecular complexity index is 442. The number of nitro groups is 1. The molecular weight excluding hydrogens is 274 g/mol. The maximum Gasteiger partial charge on any atom is 0.353 e. The predicted molar refractivity (Wildman–Crippen MR) is 81.7 cm³/mol. The van der Waals surface area contributed by atoms with Gasteiger partial charge < -0.3 is 15.4 Å². The summed E-state index contributed by atoms with van der Waals surface area (Å²) in [6.45, 7) is 3.99. The van der Waals surface area contributed by atoms with Crippen LogP contribution in [0.2, 0.25) is 0 Å². The molecule has 1 aromatic heterocycles. The Morgan fingerprint density at radius 1 is 1.19 bits per heavy atom. The average Bonchev–Trinajstić information content (AvgIpc) is 2.48. The summed E-state index contributed by atoms with van der Waals surface area (Å²) in [5, 5.41) is 17.2. The molecule has 0 saturated heterocycles. The number of nitrogens with one attached hydrogen (secondary N) is 2. The zero-order valence-electron chi connectivity index (χ0n) is 12.6. The molecule has 8 nitrogen and oxygen atoms in total. The molecule has 0 aliphatic carbocycles. The number of ether oxygens (including phenoxy) is 1. The molecule has 2 N–H and O–H groups in total. The van der Waals surface area contributed by atoms with Gasteiger partial charge in [-0.1, -0.05) is 6.92 Å². The number of hydrogen-bond acceptors (Lipinski definition) is 7. The summed E-state index contributed by atoms with van der Waals surface area (Å²) >= 11 is 0. The van der Waals surface area contributed by atoms with Crippen molar-refractivity contribution >= 4 is 17.3 Å². The minimum Gasteiger partial charge on any atom is -0.385 e. The molecule has 1 rings (SSSR count). The smallest absolute Gasteiger partial charge is 0.353 e. The molecule has 0 aliphatic heterocycles. The van der Waals surface area contributed by atoms with Gasteiger partial charge in [0, 0.05) is 26.8 Å². The number of nitrogens with zero attached hydrogens (tertiary/aromatic N) is 3. The van der Waals surface area contributed by atoms with Gasteiger partial charge in [-0.05, 0) is 25.7 Å². The van der Waals surface area contributed by atoms with Crippen LogP contribution in [0, 0.1) is 10.1 Å². The second-order valence-electron chi connectivity index (χ2n) is 4.58. The van der Waals surface area contributed by atoms with Gasteiger partial charge in [0.2, 0.25) is 11.6 Å². The molecule has 21 heavy (non-hydrogen) atoms. The normalized spacial score (nSPS) is 10.4. The summed E-state index contributed by atoms with van der Waals surface area (Å²) < 4.78 is 4.97. The molecule has 118 valence electrons. The summed E-state index contributed by atoms with van der Waals surface area (Å²) in [6.07, 6.45) is 5.08. The van der Waals surface area contributed by atoms with E-state index in [1.54, 1.807) is 7.11 Å². The Hall–Kier alpha value is -1.96. The first-order chi connectivity index (χ1) is 10.2. The minimum absolute atomic E-state index is 0.0946. The molecule has 0 saturated carbocycles. The van der Waals surface area contributed by atoms with Crippen LogP contribution in [0.5, 0.6) is 0 Å². The van der Waals surface area contributed by atoms with Crippen molar-refractivity contribution in [3.8, 4) is 0 Å². The third kappa shape index (κ3) is 5.90. The standard InChI is InChI=1S/C13H23N5O3/c1-3-7-14-12-11(18(19)20)13(17-10-16-12)15-8-5-4-6-9-21-2/h10H,3-9H2,1-2H3,(H2,14,15,16,17). The third-order valence-corrected chi connectivity index (χ3v) is 2.86. The highest BCUT2D eigenvalue weighted by Gasteiger charge is 2.22. The molecule has 0 atom stereocenters. The zero-order chi connectivity index (χ0) is 15.5. The fraction of sp³-hybridized carbons (Fsp3) is 0.692. The van der Waals surface area contributed by atoms with E-state index in [1.807, 2.05) is 6.92 Å². The maximum absolute atomic E-state index is 11.2. The van der Waals surface area contributed by atoms with Crippen molar-refractivity contribution in [2.24, 2.45) is 0 Å². The lowest BCUT2D eigenvalue weighted by atomic mass is 10.2. The van der Waals surface area contributed by atoms with E-state index in [1.165, 1.54) is 6.33 Å². The molecule has 1 aromatic rings. The number of aromatic nitrogens is 2. The molecule has 0 fully saturated rings. The highest BCUT2D eigenvalue weighted by molar-refractivity contribution is 5.69. The van der Waals surface area contributed by atoms with Crippen LogP contribution in [0.15, 0.2) is 6.33 Å². The Kier molecular flexibility index (Phi) is 8.03. The van der Waals surface area contributed by atoms with Gasteiger partial charge in [-0.3, -0.25) is 10.1 Å². The summed E-state index contributed by atoms with van der Waals surface area (Å²) in [4.78, 5) is 18.7. The number of rotatable bonds is 11. The van der Waals surface area contributed by atoms with Crippen LogP contribution in [0.1, 0.15) is 32.6 Å². The minimum atomic E-state index is -0.453. The predicted octanol–water partition coefficient (Wildman–Crippen LogP) is 2.44. The van der Waals surface area contributed by atoms with E-state index in [0.29, 0.717) is 13.1 Å². The van der Waals surface area contributed by atoms with E-state index < -0.39 is 4.92 Å². The summed E-state index contributed by atoms with van der Waals surface area (Å²) in [7, 11) is 1.67. The van der Waals surface area contributed by atoms with E-state index in [9.17, 15) is 10.1 Å². The lowest BCUT2D eigenvalue weighted by molar-refractivity contribution is -0.383. The van der Waals surface area contributed by atoms with Gasteiger partial charge in [0.25, 0.3) is 0 Å². The van der Waals surface area contributed by atoms with Gasteiger partial charge >= 0.3 is 5.69 Å². The van der Waals surface area contributed by atoms with E-state index in [2.05, 4.69) is 20.6 Å². The van der Waals surface area contributed by atoms with Crippen LogP contribution in [0.3, 0.4) is 0 Å². The van der Waals surface area contributed by atoms with E-state index in [-0.39, 0.29) is 17.3 Å². The lowest BCUT2D eigenvalue weighted by Crippen LogP contribution is -2.11. The summed E-state index contributed by atoms with van der Waals surface area (Å²) in [6, 6.07) is 0. The average molecular weight is 297 g/mol. The zero-order valence-corrected chi connectivity index (χ0v) is 12.6. The Labute approximate surface area is 124 Å². The van der Waals surface area contributed by atoms with Gasteiger partial charge in [0.1, 0.15) is 6.33 Å². The molecule has 0 aliphatic rings. The summed E-state index contributed by atoms with van der Waals surface area (Å²) in [5.74, 6) is 0.527. The molecule has 0 unspecified atom stereocenters. The third-order valence-electron chi connectivity index (χ3n) is 2.86. The highest BCUT2D eigenvalue weighted by atomic mass is 16.6. The lowest BCUT2D eigenvalue weighted by Gasteiger charge is -2.09. The Morgan fingerprint density at radius 3 is 2.43 bits per heavy atom. The van der Waals surface area contributed by atoms with Crippen LogP contribution in [-0.2, 0) is 4.74 Å². The largest absolute Gasteiger partial charge is 0.385 e. The van der Waals surface area contributed by atoms with Crippen LogP contribution in [0.25, 0.3) is 0 Å². The topological polar surface area (TPSA) is 102 Å². The second-order valence-corrected chi connectivity index (χ2v) is 4.58. The van der Waals surface area contributed by atoms with Crippen LogP contribution >= 0.6 is 0 Å². The molecule has 1 heterocycles. The fourth-order valence-corrected chi connectivity index (χ4v) is 1.81. The van der Waals surface area contributed by atoms with Crippen molar-refractivity contribution in [2.75, 3.05) is 37.4 Å². The molecule has 0 spiro atoms. The second kappa shape index (κ2) is 9.87. The quantitative estimate of drug-likeness (QED) is 0.367.